The number of thioether (sulfide) groups is 1. The van der Waals surface area contributed by atoms with Crippen molar-refractivity contribution in [2.45, 2.75) is 55.3 Å². The van der Waals surface area contributed by atoms with Gasteiger partial charge >= 0.3 is 0 Å². The van der Waals surface area contributed by atoms with Crippen molar-refractivity contribution in [3.8, 4) is 11.5 Å². The van der Waals surface area contributed by atoms with Crippen LogP contribution in [0.3, 0.4) is 0 Å². The number of aromatic amines is 1. The highest BCUT2D eigenvalue weighted by molar-refractivity contribution is 8.13. The fraction of sp³-hybridized carbons (Fsp3) is 0.464. The molecule has 2 aromatic carbocycles. The van der Waals surface area contributed by atoms with Crippen molar-refractivity contribution in [3.63, 3.8) is 0 Å². The number of H-pyrrole nitrogens is 1. The molecule has 8 rings (SSSR count). The lowest BCUT2D eigenvalue weighted by atomic mass is 9.49. The van der Waals surface area contributed by atoms with Crippen molar-refractivity contribution < 1.29 is 14.9 Å². The first-order valence-electron chi connectivity index (χ1n) is 12.9. The highest BCUT2D eigenvalue weighted by atomic mass is 32.2. The number of aromatic nitrogens is 1. The molecule has 0 unspecified atom stereocenters. The number of nitrogens with zero attached hydrogens (tertiary/aromatic N) is 2. The molecule has 2 bridgehead atoms. The van der Waals surface area contributed by atoms with Crippen LogP contribution in [0.15, 0.2) is 35.3 Å². The number of phenolic OH excluding ortho intramolecular Hbond substituents is 1. The Bertz CT molecular complexity index is 1480. The van der Waals surface area contributed by atoms with Crippen LogP contribution in [-0.4, -0.2) is 56.3 Å². The van der Waals surface area contributed by atoms with E-state index in [-0.39, 0.29) is 17.9 Å². The molecule has 1 saturated carbocycles. The number of piperidine rings is 1. The number of rotatable bonds is 3. The first-order chi connectivity index (χ1) is 17.4. The van der Waals surface area contributed by atoms with Crippen LogP contribution < -0.4 is 10.5 Å². The SMILES string of the molecule is CSC(N)=Nc1ccc2[nH]c3c(c2c1)C[C@@]1(O)[C@@H]2Cc4ccc(O)c5c4[C@@]1(CCN2CC1CC1)[C@H]3O5. The second-order valence-electron chi connectivity index (χ2n) is 11.3. The molecule has 0 radical (unpaired) electrons. The van der Waals surface area contributed by atoms with Crippen LogP contribution in [0.2, 0.25) is 0 Å². The number of nitrogens with one attached hydrogen (secondary N) is 1. The fourth-order valence-corrected chi connectivity index (χ4v) is 8.05. The minimum Gasteiger partial charge on any atom is -0.504 e. The third-order valence-electron chi connectivity index (χ3n) is 9.59. The molecule has 7 nitrogen and oxygen atoms in total. The van der Waals surface area contributed by atoms with Gasteiger partial charge in [0, 0.05) is 35.5 Å². The van der Waals surface area contributed by atoms with Gasteiger partial charge in [-0.05, 0) is 79.8 Å². The van der Waals surface area contributed by atoms with Crippen molar-refractivity contribution in [1.82, 2.24) is 9.88 Å². The molecule has 36 heavy (non-hydrogen) atoms. The number of likely N-dealkylation sites (tertiary alicyclic amines) is 1. The van der Waals surface area contributed by atoms with Gasteiger partial charge in [0.15, 0.2) is 22.8 Å². The number of aliphatic hydroxyl groups is 1. The molecule has 1 spiro atoms. The Morgan fingerprint density at radius 2 is 2.17 bits per heavy atom. The van der Waals surface area contributed by atoms with Crippen LogP contribution in [0.1, 0.15) is 47.8 Å². The third kappa shape index (κ3) is 2.55. The Kier molecular flexibility index (Phi) is 4.16. The molecule has 5 aliphatic rings. The summed E-state index contributed by atoms with van der Waals surface area (Å²) < 4.78 is 6.66. The number of benzene rings is 2. The number of hydrogen-bond donors (Lipinski definition) is 4. The molecule has 2 aliphatic heterocycles. The number of amidine groups is 1. The second kappa shape index (κ2) is 7.00. The van der Waals surface area contributed by atoms with E-state index in [2.05, 4.69) is 27.0 Å². The number of aliphatic imine (C=N–C) groups is 1. The summed E-state index contributed by atoms with van der Waals surface area (Å²) in [6.07, 6.45) is 6.28. The Hall–Kier alpha value is -2.68. The largest absolute Gasteiger partial charge is 0.504 e. The molecule has 1 saturated heterocycles. The van der Waals surface area contributed by atoms with E-state index in [9.17, 15) is 10.2 Å². The highest BCUT2D eigenvalue weighted by Gasteiger charge is 2.72. The van der Waals surface area contributed by atoms with Crippen LogP contribution in [0.5, 0.6) is 11.5 Å². The first kappa shape index (κ1) is 21.4. The Morgan fingerprint density at radius 1 is 1.31 bits per heavy atom. The van der Waals surface area contributed by atoms with Gasteiger partial charge in [-0.1, -0.05) is 17.8 Å². The van der Waals surface area contributed by atoms with Gasteiger partial charge in [-0.3, -0.25) is 4.90 Å². The van der Waals surface area contributed by atoms with E-state index in [1.807, 2.05) is 18.4 Å². The zero-order chi connectivity index (χ0) is 24.4. The molecule has 3 aliphatic carbocycles. The molecular weight excluding hydrogens is 472 g/mol. The summed E-state index contributed by atoms with van der Waals surface area (Å²) in [6.45, 7) is 2.00. The normalized spacial score (nSPS) is 32.3. The maximum Gasteiger partial charge on any atom is 0.166 e. The standard InChI is InChI=1S/C28H30N4O3S/c1-36-26(29)30-16-5-6-19-17(11-16)18-12-28(34)21-10-15-4-7-20(33)24-22(15)27(28,25(35-24)23(18)31-19)8-9-32(21)13-14-2-3-14/h4-7,11,14,21,25,31,33-34H,2-3,8-10,12-13H2,1H3,(H2,29,30)/t21-,25-,27-,28+/m0/s1. The predicted molar refractivity (Wildman–Crippen MR) is 141 cm³/mol. The van der Waals surface area contributed by atoms with Gasteiger partial charge in [-0.2, -0.15) is 0 Å². The van der Waals surface area contributed by atoms with E-state index in [1.54, 1.807) is 6.07 Å². The predicted octanol–water partition coefficient (Wildman–Crippen LogP) is 3.88. The lowest BCUT2D eigenvalue weighted by Gasteiger charge is -2.62. The number of hydrogen-bond acceptors (Lipinski definition) is 6. The van der Waals surface area contributed by atoms with Crippen LogP contribution in [0.25, 0.3) is 10.9 Å². The van der Waals surface area contributed by atoms with Crippen molar-refractivity contribution in [3.05, 3.63) is 52.7 Å². The molecule has 5 N–H and O–H groups in total. The Labute approximate surface area is 213 Å². The van der Waals surface area contributed by atoms with Gasteiger partial charge in [0.2, 0.25) is 0 Å². The fourth-order valence-electron chi connectivity index (χ4n) is 7.85. The quantitative estimate of drug-likeness (QED) is 0.320. The third-order valence-corrected chi connectivity index (χ3v) is 10.1. The van der Waals surface area contributed by atoms with E-state index < -0.39 is 11.0 Å². The summed E-state index contributed by atoms with van der Waals surface area (Å²) in [4.78, 5) is 10.8. The maximum atomic E-state index is 12.9. The van der Waals surface area contributed by atoms with Crippen molar-refractivity contribution in [2.75, 3.05) is 19.3 Å². The number of aromatic hydroxyl groups is 1. The minimum atomic E-state index is -0.990. The van der Waals surface area contributed by atoms with Gasteiger partial charge in [0.1, 0.15) is 0 Å². The summed E-state index contributed by atoms with van der Waals surface area (Å²) in [5.74, 6) is 1.49. The molecule has 1 aromatic heterocycles. The average Bonchev–Trinajstić information content (AvgIpc) is 3.51. The molecule has 8 heteroatoms. The second-order valence-corrected chi connectivity index (χ2v) is 12.2. The van der Waals surface area contributed by atoms with E-state index >= 15 is 0 Å². The Balaban J connectivity index is 1.36. The molecule has 3 heterocycles. The zero-order valence-corrected chi connectivity index (χ0v) is 21.1. The minimum absolute atomic E-state index is 0.0207. The van der Waals surface area contributed by atoms with Gasteiger partial charge in [0.25, 0.3) is 0 Å². The first-order valence-corrected chi connectivity index (χ1v) is 14.2. The summed E-state index contributed by atoms with van der Waals surface area (Å²) in [5, 5.41) is 25.3. The molecule has 2 fully saturated rings. The lowest BCUT2D eigenvalue weighted by Crippen LogP contribution is -2.74. The van der Waals surface area contributed by atoms with Crippen LogP contribution in [-0.2, 0) is 18.3 Å². The highest BCUT2D eigenvalue weighted by Crippen LogP contribution is 2.69. The number of fused-ring (bicyclic) bond motifs is 4. The van der Waals surface area contributed by atoms with Crippen molar-refractivity contribution >= 4 is 33.5 Å². The summed E-state index contributed by atoms with van der Waals surface area (Å²) in [6, 6.07) is 9.92. The van der Waals surface area contributed by atoms with E-state index in [4.69, 9.17) is 10.5 Å². The van der Waals surface area contributed by atoms with Gasteiger partial charge < -0.3 is 25.7 Å². The van der Waals surface area contributed by atoms with Crippen LogP contribution >= 0.6 is 11.8 Å². The summed E-state index contributed by atoms with van der Waals surface area (Å²) in [7, 11) is 0. The molecule has 3 aromatic rings. The van der Waals surface area contributed by atoms with Gasteiger partial charge in [-0.15, -0.1) is 0 Å². The lowest BCUT2D eigenvalue weighted by molar-refractivity contribution is -0.173. The topological polar surface area (TPSA) is 107 Å². The van der Waals surface area contributed by atoms with Gasteiger partial charge in [-0.25, -0.2) is 4.99 Å². The smallest absolute Gasteiger partial charge is 0.166 e. The van der Waals surface area contributed by atoms with Crippen LogP contribution in [0, 0.1) is 5.92 Å². The van der Waals surface area contributed by atoms with E-state index in [0.717, 1.165) is 65.3 Å². The van der Waals surface area contributed by atoms with Crippen molar-refractivity contribution in [2.24, 2.45) is 16.6 Å². The molecule has 4 atom stereocenters. The van der Waals surface area contributed by atoms with Crippen molar-refractivity contribution in [1.29, 1.82) is 0 Å². The Morgan fingerprint density at radius 3 is 2.97 bits per heavy atom. The number of phenols is 1. The maximum absolute atomic E-state index is 12.9. The summed E-state index contributed by atoms with van der Waals surface area (Å²) >= 11 is 1.42. The zero-order valence-electron chi connectivity index (χ0n) is 20.3. The van der Waals surface area contributed by atoms with Gasteiger partial charge in [0.05, 0.1) is 22.4 Å². The molecule has 186 valence electrons. The monoisotopic (exact) mass is 502 g/mol. The number of ether oxygens (including phenoxy) is 1. The average molecular weight is 503 g/mol. The summed E-state index contributed by atoms with van der Waals surface area (Å²) in [5.41, 5.74) is 10.6. The van der Waals surface area contributed by atoms with E-state index in [1.165, 1.54) is 30.2 Å². The number of nitrogens with two attached hydrogens (primary N) is 1. The molecular formula is C28H30N4O3S. The molecule has 0 amide bonds. The van der Waals surface area contributed by atoms with Crippen LogP contribution in [0.4, 0.5) is 5.69 Å². The van der Waals surface area contributed by atoms with E-state index in [0.29, 0.717) is 17.3 Å².